The fourth-order valence-corrected chi connectivity index (χ4v) is 1.69. The van der Waals surface area contributed by atoms with Gasteiger partial charge in [0.25, 0.3) is 0 Å². The van der Waals surface area contributed by atoms with Gasteiger partial charge in [-0.2, -0.15) is 0 Å². The SMILES string of the molecule is O=C(N/C(=N\O)c1ccncc1)Nc1cccc(Cl)c1. The molecule has 1 aromatic heterocycles. The molecule has 0 bridgehead atoms. The third kappa shape index (κ3) is 3.69. The lowest BCUT2D eigenvalue weighted by atomic mass is 10.2. The minimum Gasteiger partial charge on any atom is -0.409 e. The molecule has 0 atom stereocenters. The zero-order valence-electron chi connectivity index (χ0n) is 10.2. The Bertz CT molecular complexity index is 631. The van der Waals surface area contributed by atoms with E-state index in [1.54, 1.807) is 36.4 Å². The first kappa shape index (κ1) is 13.8. The average molecular weight is 291 g/mol. The Morgan fingerprint density at radius 3 is 2.65 bits per heavy atom. The van der Waals surface area contributed by atoms with Gasteiger partial charge >= 0.3 is 6.03 Å². The van der Waals surface area contributed by atoms with E-state index in [-0.39, 0.29) is 5.84 Å². The molecule has 7 heteroatoms. The molecular weight excluding hydrogens is 280 g/mol. The number of oxime groups is 1. The van der Waals surface area contributed by atoms with Crippen LogP contribution in [-0.2, 0) is 0 Å². The van der Waals surface area contributed by atoms with Gasteiger partial charge in [-0.3, -0.25) is 10.3 Å². The van der Waals surface area contributed by atoms with Crippen molar-refractivity contribution in [2.75, 3.05) is 5.32 Å². The van der Waals surface area contributed by atoms with Crippen LogP contribution in [0.1, 0.15) is 5.56 Å². The van der Waals surface area contributed by atoms with Crippen molar-refractivity contribution in [1.29, 1.82) is 0 Å². The number of hydrogen-bond acceptors (Lipinski definition) is 4. The first-order chi connectivity index (χ1) is 9.69. The Kier molecular flexibility index (Phi) is 4.52. The molecule has 0 aliphatic carbocycles. The quantitative estimate of drug-likeness (QED) is 0.344. The number of amidine groups is 1. The van der Waals surface area contributed by atoms with Gasteiger partial charge in [0.05, 0.1) is 0 Å². The molecule has 0 fully saturated rings. The van der Waals surface area contributed by atoms with Crippen molar-refractivity contribution in [2.24, 2.45) is 5.16 Å². The molecule has 0 spiro atoms. The number of carbonyl (C=O) groups excluding carboxylic acids is 1. The van der Waals surface area contributed by atoms with Gasteiger partial charge in [0, 0.05) is 28.7 Å². The lowest BCUT2D eigenvalue weighted by Crippen LogP contribution is -2.35. The van der Waals surface area contributed by atoms with Crippen molar-refractivity contribution in [3.63, 3.8) is 0 Å². The van der Waals surface area contributed by atoms with E-state index in [1.807, 2.05) is 0 Å². The van der Waals surface area contributed by atoms with Crippen LogP contribution in [0.3, 0.4) is 0 Å². The molecule has 2 amide bonds. The highest BCUT2D eigenvalue weighted by Crippen LogP contribution is 2.14. The van der Waals surface area contributed by atoms with Crippen LogP contribution in [0.25, 0.3) is 0 Å². The van der Waals surface area contributed by atoms with Gasteiger partial charge in [-0.15, -0.1) is 0 Å². The van der Waals surface area contributed by atoms with Crippen molar-refractivity contribution in [3.8, 4) is 0 Å². The summed E-state index contributed by atoms with van der Waals surface area (Å²) in [5, 5.41) is 17.5. The van der Waals surface area contributed by atoms with Crippen LogP contribution in [0.15, 0.2) is 53.9 Å². The van der Waals surface area contributed by atoms with Crippen molar-refractivity contribution < 1.29 is 10.0 Å². The normalized spacial score (nSPS) is 10.9. The molecule has 0 aliphatic rings. The second-order valence-electron chi connectivity index (χ2n) is 3.77. The average Bonchev–Trinajstić information content (AvgIpc) is 2.45. The topological polar surface area (TPSA) is 86.6 Å². The number of carbonyl (C=O) groups is 1. The monoisotopic (exact) mass is 290 g/mol. The zero-order valence-corrected chi connectivity index (χ0v) is 11.0. The van der Waals surface area contributed by atoms with E-state index in [0.717, 1.165) is 0 Å². The molecule has 1 aromatic carbocycles. The summed E-state index contributed by atoms with van der Waals surface area (Å²) in [5.74, 6) is 0.0203. The minimum atomic E-state index is -0.545. The Balaban J connectivity index is 2.04. The lowest BCUT2D eigenvalue weighted by molar-refractivity contribution is 0.255. The van der Waals surface area contributed by atoms with Crippen LogP contribution in [0.4, 0.5) is 10.5 Å². The van der Waals surface area contributed by atoms with Gasteiger partial charge in [0.15, 0.2) is 5.84 Å². The summed E-state index contributed by atoms with van der Waals surface area (Å²) in [5.41, 5.74) is 1.06. The Morgan fingerprint density at radius 1 is 1.25 bits per heavy atom. The summed E-state index contributed by atoms with van der Waals surface area (Å²) < 4.78 is 0. The molecule has 0 aliphatic heterocycles. The van der Waals surface area contributed by atoms with Gasteiger partial charge in [-0.25, -0.2) is 4.79 Å². The van der Waals surface area contributed by atoms with Crippen molar-refractivity contribution in [2.45, 2.75) is 0 Å². The Labute approximate surface area is 120 Å². The summed E-state index contributed by atoms with van der Waals surface area (Å²) in [7, 11) is 0. The molecule has 3 N–H and O–H groups in total. The molecule has 6 nitrogen and oxygen atoms in total. The summed E-state index contributed by atoms with van der Waals surface area (Å²) in [6.45, 7) is 0. The maximum atomic E-state index is 11.8. The number of hydrogen-bond donors (Lipinski definition) is 3. The number of rotatable bonds is 2. The largest absolute Gasteiger partial charge is 0.409 e. The molecule has 0 radical (unpaired) electrons. The summed E-state index contributed by atoms with van der Waals surface area (Å²) >= 11 is 5.81. The van der Waals surface area contributed by atoms with Crippen LogP contribution in [0.5, 0.6) is 0 Å². The first-order valence-electron chi connectivity index (χ1n) is 5.65. The number of amides is 2. The van der Waals surface area contributed by atoms with E-state index in [4.69, 9.17) is 16.8 Å². The zero-order chi connectivity index (χ0) is 14.4. The predicted octanol–water partition coefficient (Wildman–Crippen LogP) is 2.69. The van der Waals surface area contributed by atoms with Crippen LogP contribution < -0.4 is 10.6 Å². The van der Waals surface area contributed by atoms with Gasteiger partial charge < -0.3 is 10.5 Å². The smallest absolute Gasteiger partial charge is 0.324 e. The van der Waals surface area contributed by atoms with Crippen LogP contribution in [-0.4, -0.2) is 22.1 Å². The van der Waals surface area contributed by atoms with E-state index in [2.05, 4.69) is 20.8 Å². The van der Waals surface area contributed by atoms with Gasteiger partial charge in [0.1, 0.15) is 0 Å². The molecular formula is C13H11ClN4O2. The molecule has 0 saturated carbocycles. The molecule has 2 aromatic rings. The maximum absolute atomic E-state index is 11.8. The third-order valence-corrected chi connectivity index (χ3v) is 2.60. The molecule has 2 rings (SSSR count). The fraction of sp³-hybridized carbons (Fsp3) is 0. The summed E-state index contributed by atoms with van der Waals surface area (Å²) in [4.78, 5) is 15.6. The van der Waals surface area contributed by atoms with Gasteiger partial charge in [0.2, 0.25) is 0 Å². The predicted molar refractivity (Wildman–Crippen MR) is 76.2 cm³/mol. The van der Waals surface area contributed by atoms with Crippen LogP contribution in [0, 0.1) is 0 Å². The van der Waals surface area contributed by atoms with Crippen LogP contribution >= 0.6 is 11.6 Å². The second-order valence-corrected chi connectivity index (χ2v) is 4.21. The highest BCUT2D eigenvalue weighted by atomic mass is 35.5. The summed E-state index contributed by atoms with van der Waals surface area (Å²) in [6.07, 6.45) is 3.05. The Hall–Kier alpha value is -2.60. The number of nitrogens with one attached hydrogen (secondary N) is 2. The molecule has 20 heavy (non-hydrogen) atoms. The van der Waals surface area contributed by atoms with Crippen molar-refractivity contribution in [1.82, 2.24) is 10.3 Å². The summed E-state index contributed by atoms with van der Waals surface area (Å²) in [6, 6.07) is 9.36. The van der Waals surface area contributed by atoms with E-state index in [9.17, 15) is 4.79 Å². The number of urea groups is 1. The molecule has 102 valence electrons. The second kappa shape index (κ2) is 6.53. The Morgan fingerprint density at radius 2 is 2.00 bits per heavy atom. The van der Waals surface area contributed by atoms with Crippen LogP contribution in [0.2, 0.25) is 5.02 Å². The molecule has 1 heterocycles. The number of benzene rings is 1. The van der Waals surface area contributed by atoms with E-state index >= 15 is 0 Å². The van der Waals surface area contributed by atoms with E-state index in [1.165, 1.54) is 12.4 Å². The fourth-order valence-electron chi connectivity index (χ4n) is 1.50. The van der Waals surface area contributed by atoms with E-state index in [0.29, 0.717) is 16.3 Å². The lowest BCUT2D eigenvalue weighted by Gasteiger charge is -2.09. The number of anilines is 1. The standard InChI is InChI=1S/C13H11ClN4O2/c14-10-2-1-3-11(8-10)16-13(19)17-12(18-20)9-4-6-15-7-5-9/h1-8,20H,(H2,16,17,18,19). The van der Waals surface area contributed by atoms with Crippen molar-refractivity contribution in [3.05, 3.63) is 59.4 Å². The first-order valence-corrected chi connectivity index (χ1v) is 6.03. The number of aromatic nitrogens is 1. The van der Waals surface area contributed by atoms with Gasteiger partial charge in [-0.05, 0) is 30.3 Å². The minimum absolute atomic E-state index is 0.0203. The molecule has 0 unspecified atom stereocenters. The highest BCUT2D eigenvalue weighted by Gasteiger charge is 2.09. The van der Waals surface area contributed by atoms with Gasteiger partial charge in [-0.1, -0.05) is 22.8 Å². The third-order valence-electron chi connectivity index (χ3n) is 2.37. The number of pyridine rings is 1. The van der Waals surface area contributed by atoms with E-state index < -0.39 is 6.03 Å². The molecule has 0 saturated heterocycles. The number of halogens is 1. The highest BCUT2D eigenvalue weighted by molar-refractivity contribution is 6.30. The number of nitrogens with zero attached hydrogens (tertiary/aromatic N) is 2. The maximum Gasteiger partial charge on any atom is 0.324 e. The van der Waals surface area contributed by atoms with Crippen molar-refractivity contribution >= 4 is 29.2 Å².